The summed E-state index contributed by atoms with van der Waals surface area (Å²) in [6, 6.07) is 13.0. The second-order valence-electron chi connectivity index (χ2n) is 5.05. The molecule has 1 N–H and O–H groups in total. The van der Waals surface area contributed by atoms with Crippen molar-refractivity contribution in [3.05, 3.63) is 63.9 Å². The van der Waals surface area contributed by atoms with Gasteiger partial charge >= 0.3 is 0 Å². The van der Waals surface area contributed by atoms with E-state index in [1.54, 1.807) is 0 Å². The molecule has 0 fully saturated rings. The summed E-state index contributed by atoms with van der Waals surface area (Å²) in [4.78, 5) is 2.15. The fourth-order valence-electron chi connectivity index (χ4n) is 2.19. The van der Waals surface area contributed by atoms with Crippen LogP contribution in [0.1, 0.15) is 18.1 Å². The van der Waals surface area contributed by atoms with Gasteiger partial charge in [-0.15, -0.1) is 0 Å². The minimum Gasteiger partial charge on any atom is -0.369 e. The fraction of sp³-hybridized carbons (Fsp3) is 0.294. The van der Waals surface area contributed by atoms with Crippen molar-refractivity contribution < 1.29 is 4.39 Å². The summed E-state index contributed by atoms with van der Waals surface area (Å²) in [5.41, 5.74) is 3.46. The van der Waals surface area contributed by atoms with Crippen LogP contribution < -0.4 is 10.2 Å². The number of hydrogen-bond donors (Lipinski definition) is 1. The van der Waals surface area contributed by atoms with E-state index >= 15 is 0 Å². The lowest BCUT2D eigenvalue weighted by atomic mass is 10.1. The van der Waals surface area contributed by atoms with Crippen LogP contribution in [0.4, 0.5) is 10.1 Å². The number of hydrogen-bond acceptors (Lipinski definition) is 2. The highest BCUT2D eigenvalue weighted by Crippen LogP contribution is 2.27. The monoisotopic (exact) mass is 350 g/mol. The second kappa shape index (κ2) is 7.57. The van der Waals surface area contributed by atoms with Gasteiger partial charge in [-0.05, 0) is 57.9 Å². The minimum absolute atomic E-state index is 0.199. The van der Waals surface area contributed by atoms with E-state index in [1.807, 2.05) is 19.2 Å². The third-order valence-corrected chi connectivity index (χ3v) is 3.97. The molecule has 2 aromatic carbocycles. The predicted octanol–water partition coefficient (Wildman–Crippen LogP) is 4.33. The highest BCUT2D eigenvalue weighted by molar-refractivity contribution is 9.10. The molecule has 4 heteroatoms. The summed E-state index contributed by atoms with van der Waals surface area (Å²) < 4.78 is 14.0. The standard InChI is InChI=1S/C17H20BrFN2/c1-3-20-11-14-6-9-17(16(18)10-14)21(2)12-13-4-7-15(19)8-5-13/h4-10,20H,3,11-12H2,1-2H3. The van der Waals surface area contributed by atoms with Gasteiger partial charge in [-0.2, -0.15) is 0 Å². The van der Waals surface area contributed by atoms with E-state index in [0.717, 1.165) is 35.4 Å². The molecule has 0 amide bonds. The van der Waals surface area contributed by atoms with E-state index in [-0.39, 0.29) is 5.82 Å². The van der Waals surface area contributed by atoms with Crippen molar-refractivity contribution in [2.75, 3.05) is 18.5 Å². The van der Waals surface area contributed by atoms with Crippen molar-refractivity contribution in [3.63, 3.8) is 0 Å². The summed E-state index contributed by atoms with van der Waals surface area (Å²) in [7, 11) is 2.04. The fourth-order valence-corrected chi connectivity index (χ4v) is 2.92. The second-order valence-corrected chi connectivity index (χ2v) is 5.90. The van der Waals surface area contributed by atoms with Crippen molar-refractivity contribution in [1.82, 2.24) is 5.32 Å². The molecule has 2 nitrogen and oxygen atoms in total. The largest absolute Gasteiger partial charge is 0.369 e. The first kappa shape index (κ1) is 16.0. The van der Waals surface area contributed by atoms with E-state index in [2.05, 4.69) is 51.3 Å². The average molecular weight is 351 g/mol. The Hall–Kier alpha value is -1.39. The Morgan fingerprint density at radius 1 is 1.10 bits per heavy atom. The lowest BCUT2D eigenvalue weighted by molar-refractivity contribution is 0.627. The van der Waals surface area contributed by atoms with Gasteiger partial charge in [-0.25, -0.2) is 4.39 Å². The molecule has 0 saturated carbocycles. The maximum absolute atomic E-state index is 12.9. The van der Waals surface area contributed by atoms with Crippen LogP contribution >= 0.6 is 15.9 Å². The lowest BCUT2D eigenvalue weighted by Crippen LogP contribution is -2.17. The predicted molar refractivity (Wildman–Crippen MR) is 90.0 cm³/mol. The molecule has 112 valence electrons. The van der Waals surface area contributed by atoms with Crippen LogP contribution in [-0.2, 0) is 13.1 Å². The van der Waals surface area contributed by atoms with Crippen molar-refractivity contribution in [2.24, 2.45) is 0 Å². The Balaban J connectivity index is 2.08. The summed E-state index contributed by atoms with van der Waals surface area (Å²) in [6.45, 7) is 4.67. The Morgan fingerprint density at radius 2 is 1.76 bits per heavy atom. The third-order valence-electron chi connectivity index (χ3n) is 3.34. The van der Waals surface area contributed by atoms with Crippen LogP contribution in [0.15, 0.2) is 46.9 Å². The molecule has 0 spiro atoms. The summed E-state index contributed by atoms with van der Waals surface area (Å²) in [6.07, 6.45) is 0. The quantitative estimate of drug-likeness (QED) is 0.833. The molecule has 0 bridgehead atoms. The number of anilines is 1. The molecule has 0 aliphatic carbocycles. The minimum atomic E-state index is -0.199. The summed E-state index contributed by atoms with van der Waals surface area (Å²) in [5.74, 6) is -0.199. The van der Waals surface area contributed by atoms with Gasteiger partial charge in [0, 0.05) is 24.6 Å². The highest BCUT2D eigenvalue weighted by atomic mass is 79.9. The van der Waals surface area contributed by atoms with Gasteiger partial charge in [0.1, 0.15) is 5.82 Å². The Labute approximate surface area is 134 Å². The molecule has 0 aliphatic rings. The normalized spacial score (nSPS) is 10.7. The van der Waals surface area contributed by atoms with Crippen molar-refractivity contribution in [1.29, 1.82) is 0 Å². The van der Waals surface area contributed by atoms with Crippen LogP contribution in [0.5, 0.6) is 0 Å². The van der Waals surface area contributed by atoms with Crippen molar-refractivity contribution >= 4 is 21.6 Å². The molecule has 0 radical (unpaired) electrons. The molecule has 0 aliphatic heterocycles. The average Bonchev–Trinajstić information content (AvgIpc) is 2.47. The van der Waals surface area contributed by atoms with Crippen LogP contribution in [0, 0.1) is 5.82 Å². The van der Waals surface area contributed by atoms with Gasteiger partial charge in [-0.3, -0.25) is 0 Å². The zero-order valence-corrected chi connectivity index (χ0v) is 14.0. The van der Waals surface area contributed by atoms with Crippen LogP contribution in [0.2, 0.25) is 0 Å². The highest BCUT2D eigenvalue weighted by Gasteiger charge is 2.07. The van der Waals surface area contributed by atoms with Crippen LogP contribution in [-0.4, -0.2) is 13.6 Å². The Kier molecular flexibility index (Phi) is 5.76. The van der Waals surface area contributed by atoms with Gasteiger partial charge in [0.25, 0.3) is 0 Å². The van der Waals surface area contributed by atoms with Crippen LogP contribution in [0.3, 0.4) is 0 Å². The Morgan fingerprint density at radius 3 is 2.38 bits per heavy atom. The number of nitrogens with one attached hydrogen (secondary N) is 1. The number of halogens is 2. The molecular formula is C17H20BrFN2. The molecule has 2 aromatic rings. The van der Waals surface area contributed by atoms with E-state index in [4.69, 9.17) is 0 Å². The molecule has 0 saturated heterocycles. The van der Waals surface area contributed by atoms with Gasteiger partial charge in [0.05, 0.1) is 5.69 Å². The maximum Gasteiger partial charge on any atom is 0.123 e. The molecular weight excluding hydrogens is 331 g/mol. The first-order chi connectivity index (χ1) is 10.1. The number of nitrogens with zero attached hydrogens (tertiary/aromatic N) is 1. The van der Waals surface area contributed by atoms with E-state index in [9.17, 15) is 4.39 Å². The molecule has 0 atom stereocenters. The van der Waals surface area contributed by atoms with E-state index in [0.29, 0.717) is 0 Å². The molecule has 0 heterocycles. The molecule has 2 rings (SSSR count). The van der Waals surface area contributed by atoms with E-state index in [1.165, 1.54) is 17.7 Å². The van der Waals surface area contributed by atoms with Gasteiger partial charge in [-0.1, -0.05) is 25.1 Å². The Bertz CT molecular complexity index is 584. The zero-order valence-electron chi connectivity index (χ0n) is 12.4. The van der Waals surface area contributed by atoms with Crippen molar-refractivity contribution in [2.45, 2.75) is 20.0 Å². The third kappa shape index (κ3) is 4.55. The van der Waals surface area contributed by atoms with Crippen molar-refractivity contribution in [3.8, 4) is 0 Å². The first-order valence-electron chi connectivity index (χ1n) is 7.05. The summed E-state index contributed by atoms with van der Waals surface area (Å²) in [5, 5.41) is 3.32. The first-order valence-corrected chi connectivity index (χ1v) is 7.84. The van der Waals surface area contributed by atoms with Gasteiger partial charge < -0.3 is 10.2 Å². The molecule has 0 aromatic heterocycles. The van der Waals surface area contributed by atoms with Crippen LogP contribution in [0.25, 0.3) is 0 Å². The SMILES string of the molecule is CCNCc1ccc(N(C)Cc2ccc(F)cc2)c(Br)c1. The van der Waals surface area contributed by atoms with Gasteiger partial charge in [0.2, 0.25) is 0 Å². The topological polar surface area (TPSA) is 15.3 Å². The van der Waals surface area contributed by atoms with Gasteiger partial charge in [0.15, 0.2) is 0 Å². The zero-order chi connectivity index (χ0) is 15.2. The molecule has 0 unspecified atom stereocenters. The number of rotatable bonds is 6. The smallest absolute Gasteiger partial charge is 0.123 e. The lowest BCUT2D eigenvalue weighted by Gasteiger charge is -2.21. The molecule has 21 heavy (non-hydrogen) atoms. The number of benzene rings is 2. The van der Waals surface area contributed by atoms with E-state index < -0.39 is 0 Å². The maximum atomic E-state index is 12.9. The summed E-state index contributed by atoms with van der Waals surface area (Å²) >= 11 is 3.64.